The lowest BCUT2D eigenvalue weighted by Crippen LogP contribution is -1.96. The van der Waals surface area contributed by atoms with Crippen molar-refractivity contribution in [2.45, 2.75) is 34.6 Å². The van der Waals surface area contributed by atoms with E-state index in [-0.39, 0.29) is 0 Å². The Labute approximate surface area is 409 Å². The molecule has 0 saturated heterocycles. The predicted molar refractivity (Wildman–Crippen MR) is 301 cm³/mol. The summed E-state index contributed by atoms with van der Waals surface area (Å²) in [5.74, 6) is 0. The Hall–Kier alpha value is -7.14. The monoisotopic (exact) mass is 922 g/mol. The second kappa shape index (κ2) is 16.0. The van der Waals surface area contributed by atoms with E-state index in [1.807, 2.05) is 34.0 Å². The van der Waals surface area contributed by atoms with Gasteiger partial charge in [0.25, 0.3) is 0 Å². The molecule has 0 radical (unpaired) electrons. The van der Waals surface area contributed by atoms with Crippen LogP contribution in [0.5, 0.6) is 0 Å². The molecule has 3 heterocycles. The van der Waals surface area contributed by atoms with E-state index in [9.17, 15) is 0 Å². The molecule has 68 heavy (non-hydrogen) atoms. The molecule has 0 nitrogen and oxygen atoms in total. The molecule has 0 amide bonds. The molecule has 0 spiro atoms. The smallest absolute Gasteiger partial charge is 0.0433 e. The number of aryl methyl sites for hydroxylation is 3. The van der Waals surface area contributed by atoms with E-state index in [4.69, 9.17) is 0 Å². The van der Waals surface area contributed by atoms with Crippen LogP contribution < -0.4 is 0 Å². The van der Waals surface area contributed by atoms with Gasteiger partial charge in [-0.3, -0.25) is 0 Å². The van der Waals surface area contributed by atoms with Gasteiger partial charge in [0.2, 0.25) is 0 Å². The third-order valence-electron chi connectivity index (χ3n) is 14.6. The summed E-state index contributed by atoms with van der Waals surface area (Å²) in [7, 11) is 0. The van der Waals surface area contributed by atoms with Gasteiger partial charge in [0.1, 0.15) is 0 Å². The Kier molecular flexibility index (Phi) is 9.66. The second-order valence-corrected chi connectivity index (χ2v) is 21.7. The molecular formula is C65H46S3. The molecule has 0 N–H and O–H groups in total. The molecule has 3 aromatic heterocycles. The molecule has 0 aliphatic heterocycles. The van der Waals surface area contributed by atoms with Crippen molar-refractivity contribution in [1.29, 1.82) is 0 Å². The summed E-state index contributed by atoms with van der Waals surface area (Å²) in [6.07, 6.45) is 0. The normalized spacial score (nSPS) is 11.9. The van der Waals surface area contributed by atoms with E-state index in [0.717, 1.165) is 0 Å². The van der Waals surface area contributed by atoms with Gasteiger partial charge in [-0.15, -0.1) is 34.0 Å². The van der Waals surface area contributed by atoms with Crippen LogP contribution in [0.3, 0.4) is 0 Å². The van der Waals surface area contributed by atoms with Crippen LogP contribution in [0.1, 0.15) is 27.8 Å². The van der Waals surface area contributed by atoms with Crippen LogP contribution in [0.25, 0.3) is 127 Å². The van der Waals surface area contributed by atoms with Crippen molar-refractivity contribution < 1.29 is 0 Å². The third kappa shape index (κ3) is 6.44. The molecule has 13 rings (SSSR count). The van der Waals surface area contributed by atoms with Crippen LogP contribution in [0.2, 0.25) is 0 Å². The summed E-state index contributed by atoms with van der Waals surface area (Å²) >= 11 is 5.73. The van der Waals surface area contributed by atoms with Crippen LogP contribution >= 0.6 is 34.0 Å². The van der Waals surface area contributed by atoms with E-state index in [1.54, 1.807) is 0 Å². The Morgan fingerprint density at radius 3 is 0.941 bits per heavy atom. The minimum Gasteiger partial charge on any atom is -0.135 e. The van der Waals surface area contributed by atoms with E-state index < -0.39 is 0 Å². The third-order valence-corrected chi connectivity index (χ3v) is 18.2. The highest BCUT2D eigenvalue weighted by Crippen LogP contribution is 2.49. The average molecular weight is 923 g/mol. The lowest BCUT2D eigenvalue weighted by Gasteiger charge is -2.20. The topological polar surface area (TPSA) is 0 Å². The summed E-state index contributed by atoms with van der Waals surface area (Å²) in [4.78, 5) is 0. The zero-order chi connectivity index (χ0) is 45.8. The molecule has 0 fully saturated rings. The number of benzene rings is 10. The molecule has 324 valence electrons. The van der Waals surface area contributed by atoms with Gasteiger partial charge in [0.05, 0.1) is 0 Å². The molecule has 13 aromatic rings. The summed E-state index contributed by atoms with van der Waals surface area (Å²) in [6.45, 7) is 11.4. The number of fused-ring (bicyclic) bond motifs is 9. The lowest BCUT2D eigenvalue weighted by atomic mass is 9.83. The quantitative estimate of drug-likeness (QED) is 0.156. The van der Waals surface area contributed by atoms with Crippen molar-refractivity contribution in [2.75, 3.05) is 0 Å². The minimum absolute atomic E-state index is 1.24. The fraction of sp³-hybridized carbons (Fsp3) is 0.0769. The number of hydrogen-bond acceptors (Lipinski definition) is 3. The van der Waals surface area contributed by atoms with Crippen LogP contribution in [-0.4, -0.2) is 0 Å². The van der Waals surface area contributed by atoms with Crippen molar-refractivity contribution in [3.8, 4) is 66.8 Å². The molecule has 0 bridgehead atoms. The van der Waals surface area contributed by atoms with Crippen molar-refractivity contribution in [3.63, 3.8) is 0 Å². The van der Waals surface area contributed by atoms with Gasteiger partial charge in [-0.1, -0.05) is 146 Å². The van der Waals surface area contributed by atoms with Gasteiger partial charge in [-0.2, -0.15) is 0 Å². The van der Waals surface area contributed by atoms with Gasteiger partial charge >= 0.3 is 0 Å². The van der Waals surface area contributed by atoms with Crippen molar-refractivity contribution in [1.82, 2.24) is 0 Å². The molecule has 0 aliphatic rings. The van der Waals surface area contributed by atoms with E-state index in [2.05, 4.69) is 223 Å². The van der Waals surface area contributed by atoms with Gasteiger partial charge in [0.15, 0.2) is 0 Å². The Balaban J connectivity index is 1.03. The highest BCUT2D eigenvalue weighted by molar-refractivity contribution is 7.27. The fourth-order valence-electron chi connectivity index (χ4n) is 11.1. The molecule has 3 heteroatoms. The first-order valence-electron chi connectivity index (χ1n) is 23.5. The summed E-state index contributed by atoms with van der Waals surface area (Å²) in [6, 6.07) is 70.9. The van der Waals surface area contributed by atoms with Crippen molar-refractivity contribution in [3.05, 3.63) is 216 Å². The number of thiophene rings is 3. The Bertz CT molecular complexity index is 4020. The van der Waals surface area contributed by atoms with Crippen LogP contribution in [0, 0.1) is 34.6 Å². The van der Waals surface area contributed by atoms with Crippen LogP contribution in [0.4, 0.5) is 0 Å². The number of hydrogen-bond donors (Lipinski definition) is 0. The first-order chi connectivity index (χ1) is 33.3. The molecule has 0 unspecified atom stereocenters. The standard InChI is InChI=1S/C65H46S3/c1-37-15-6-9-18-45(37)48-21-12-24-51-56-33-42(27-30-59(56)66-63(48)51)54-36-55(43-28-31-60-57(34-43)52-25-13-22-49(64(52)67-60)46-19-10-7-16-38(46)2)41(5)62(40(54)4)44-29-32-61-58(35-44)53-26-14-23-50(65(53)68-61)47-20-11-8-17-39(47)3/h6-36H,1-5H3. The predicted octanol–water partition coefficient (Wildman–Crippen LogP) is 20.3. The van der Waals surface area contributed by atoms with E-state index in [1.165, 1.54) is 155 Å². The summed E-state index contributed by atoms with van der Waals surface area (Å²) in [5, 5.41) is 7.89. The van der Waals surface area contributed by atoms with E-state index in [0.29, 0.717) is 0 Å². The highest BCUT2D eigenvalue weighted by atomic mass is 32.1. The largest absolute Gasteiger partial charge is 0.135 e. The Morgan fingerprint density at radius 2 is 0.574 bits per heavy atom. The SMILES string of the molecule is Cc1ccccc1-c1cccc2c1sc1ccc(-c3cc(-c4ccc5sc6c(-c7ccccc7C)cccc6c5c4)c(C)c(-c4ccc5sc6c(-c7ccccc7C)cccc6c5c4)c3C)cc12. The number of rotatable bonds is 6. The maximum absolute atomic E-state index is 2.49. The second-order valence-electron chi connectivity index (χ2n) is 18.5. The molecular weight excluding hydrogens is 877 g/mol. The van der Waals surface area contributed by atoms with Gasteiger partial charge < -0.3 is 0 Å². The van der Waals surface area contributed by atoms with E-state index >= 15 is 0 Å². The van der Waals surface area contributed by atoms with Gasteiger partial charge in [-0.25, -0.2) is 0 Å². The molecule has 10 aromatic carbocycles. The Morgan fingerprint density at radius 1 is 0.250 bits per heavy atom. The summed E-state index contributed by atoms with van der Waals surface area (Å²) < 4.78 is 7.99. The maximum Gasteiger partial charge on any atom is 0.0433 e. The zero-order valence-corrected chi connectivity index (χ0v) is 41.1. The first kappa shape index (κ1) is 41.1. The van der Waals surface area contributed by atoms with Crippen molar-refractivity contribution >= 4 is 94.5 Å². The molecule has 0 saturated carbocycles. The van der Waals surface area contributed by atoms with Crippen molar-refractivity contribution in [2.24, 2.45) is 0 Å². The fourth-order valence-corrected chi connectivity index (χ4v) is 14.7. The highest BCUT2D eigenvalue weighted by Gasteiger charge is 2.21. The maximum atomic E-state index is 2.49. The average Bonchev–Trinajstić information content (AvgIpc) is 4.06. The molecule has 0 atom stereocenters. The van der Waals surface area contributed by atoms with Gasteiger partial charge in [0, 0.05) is 60.5 Å². The van der Waals surface area contributed by atoms with Crippen LogP contribution in [0.15, 0.2) is 188 Å². The lowest BCUT2D eigenvalue weighted by molar-refractivity contribution is 1.38. The van der Waals surface area contributed by atoms with Gasteiger partial charge in [-0.05, 0) is 172 Å². The molecule has 0 aliphatic carbocycles. The minimum atomic E-state index is 1.24. The van der Waals surface area contributed by atoms with Crippen LogP contribution in [-0.2, 0) is 0 Å². The summed E-state index contributed by atoms with van der Waals surface area (Å²) in [5.41, 5.74) is 21.9. The first-order valence-corrected chi connectivity index (χ1v) is 25.9. The zero-order valence-electron chi connectivity index (χ0n) is 38.6.